The lowest BCUT2D eigenvalue weighted by Crippen LogP contribution is -2.16. The summed E-state index contributed by atoms with van der Waals surface area (Å²) in [7, 11) is 3.38. The Bertz CT molecular complexity index is 940. The van der Waals surface area contributed by atoms with Crippen LogP contribution in [0.4, 0.5) is 4.39 Å². The summed E-state index contributed by atoms with van der Waals surface area (Å²) < 4.78 is 26.7. The molecule has 0 saturated carbocycles. The van der Waals surface area contributed by atoms with Gasteiger partial charge in [0.05, 0.1) is 12.1 Å². The molecule has 0 spiro atoms. The predicted octanol–water partition coefficient (Wildman–Crippen LogP) is 3.89. The molecule has 11 heteroatoms. The van der Waals surface area contributed by atoms with Crippen LogP contribution in [-0.2, 0) is 20.2 Å². The summed E-state index contributed by atoms with van der Waals surface area (Å²) in [5.74, 6) is 1.56. The highest BCUT2D eigenvalue weighted by atomic mass is 35.5. The molecule has 0 aliphatic heterocycles. The fourth-order valence-corrected chi connectivity index (χ4v) is 3.52. The van der Waals surface area contributed by atoms with E-state index in [9.17, 15) is 4.39 Å². The number of hydrogen-bond donors (Lipinski definition) is 1. The molecule has 1 N–H and O–H groups in total. The zero-order chi connectivity index (χ0) is 20.6. The van der Waals surface area contributed by atoms with E-state index in [1.165, 1.54) is 6.07 Å². The molecular formula is C19H22Cl2FN5O2S. The van der Waals surface area contributed by atoms with Crippen molar-refractivity contribution in [1.82, 2.24) is 25.5 Å². The smallest absolute Gasteiger partial charge is 0.209 e. The van der Waals surface area contributed by atoms with Crippen LogP contribution in [0.25, 0.3) is 0 Å². The van der Waals surface area contributed by atoms with Crippen LogP contribution in [0.5, 0.6) is 11.5 Å². The van der Waals surface area contributed by atoms with Crippen molar-refractivity contribution in [3.63, 3.8) is 0 Å². The van der Waals surface area contributed by atoms with Crippen molar-refractivity contribution >= 4 is 35.8 Å². The molecule has 0 saturated heterocycles. The maximum atomic E-state index is 13.9. The van der Waals surface area contributed by atoms with Gasteiger partial charge in [0.2, 0.25) is 5.16 Å². The fourth-order valence-electron chi connectivity index (χ4n) is 2.55. The molecule has 0 atom stereocenters. The molecule has 0 bridgehead atoms. The molecule has 0 aliphatic rings. The molecule has 0 fully saturated rings. The molecule has 3 aromatic rings. The summed E-state index contributed by atoms with van der Waals surface area (Å²) >= 11 is 7.63. The highest BCUT2D eigenvalue weighted by Crippen LogP contribution is 2.30. The lowest BCUT2D eigenvalue weighted by molar-refractivity contribution is 0.279. The van der Waals surface area contributed by atoms with Gasteiger partial charge in [0.15, 0.2) is 11.5 Å². The first-order chi connectivity index (χ1) is 14.1. The average molecular weight is 474 g/mol. The van der Waals surface area contributed by atoms with Crippen LogP contribution in [0.3, 0.4) is 0 Å². The highest BCUT2D eigenvalue weighted by Gasteiger charge is 2.11. The first kappa shape index (κ1) is 24.2. The minimum atomic E-state index is -0.396. The van der Waals surface area contributed by atoms with Gasteiger partial charge in [-0.05, 0) is 40.3 Å². The van der Waals surface area contributed by atoms with E-state index in [0.717, 1.165) is 23.0 Å². The Morgan fingerprint density at radius 1 is 1.23 bits per heavy atom. The maximum Gasteiger partial charge on any atom is 0.209 e. The second kappa shape index (κ2) is 11.9. The molecular weight excluding hydrogens is 452 g/mol. The first-order valence-electron chi connectivity index (χ1n) is 8.87. The number of tetrazole rings is 1. The van der Waals surface area contributed by atoms with Gasteiger partial charge >= 0.3 is 0 Å². The fraction of sp³-hybridized carbons (Fsp3) is 0.316. The van der Waals surface area contributed by atoms with Crippen molar-refractivity contribution in [1.29, 1.82) is 0 Å². The molecule has 7 nitrogen and oxygen atoms in total. The van der Waals surface area contributed by atoms with E-state index in [2.05, 4.69) is 20.8 Å². The topological polar surface area (TPSA) is 74.1 Å². The van der Waals surface area contributed by atoms with E-state index in [4.69, 9.17) is 21.1 Å². The summed E-state index contributed by atoms with van der Waals surface area (Å²) in [4.78, 5) is 0. The van der Waals surface area contributed by atoms with E-state index in [1.54, 1.807) is 35.7 Å². The number of nitrogens with zero attached hydrogens (tertiary/aromatic N) is 4. The highest BCUT2D eigenvalue weighted by molar-refractivity contribution is 7.99. The van der Waals surface area contributed by atoms with Crippen LogP contribution in [-0.4, -0.2) is 39.6 Å². The Morgan fingerprint density at radius 3 is 2.77 bits per heavy atom. The molecule has 30 heavy (non-hydrogen) atoms. The van der Waals surface area contributed by atoms with Gasteiger partial charge in [0.25, 0.3) is 0 Å². The Kier molecular flexibility index (Phi) is 9.64. The third-order valence-corrected chi connectivity index (χ3v) is 5.45. The predicted molar refractivity (Wildman–Crippen MR) is 117 cm³/mol. The zero-order valence-electron chi connectivity index (χ0n) is 16.5. The molecule has 1 heterocycles. The zero-order valence-corrected chi connectivity index (χ0v) is 18.9. The van der Waals surface area contributed by atoms with Gasteiger partial charge in [0, 0.05) is 31.5 Å². The number of thioether (sulfide) groups is 1. The second-order valence-electron chi connectivity index (χ2n) is 6.08. The van der Waals surface area contributed by atoms with Crippen molar-refractivity contribution < 1.29 is 13.9 Å². The summed E-state index contributed by atoms with van der Waals surface area (Å²) in [6.07, 6.45) is 0. The molecule has 162 valence electrons. The van der Waals surface area contributed by atoms with E-state index < -0.39 is 5.82 Å². The number of benzene rings is 2. The number of halogens is 3. The van der Waals surface area contributed by atoms with E-state index in [0.29, 0.717) is 28.6 Å². The number of methoxy groups -OCH3 is 1. The number of hydrogen-bond acceptors (Lipinski definition) is 7. The van der Waals surface area contributed by atoms with Crippen molar-refractivity contribution in [3.8, 4) is 11.5 Å². The quantitative estimate of drug-likeness (QED) is 0.353. The largest absolute Gasteiger partial charge is 0.493 e. The van der Waals surface area contributed by atoms with E-state index >= 15 is 0 Å². The van der Waals surface area contributed by atoms with Crippen LogP contribution in [0, 0.1) is 5.82 Å². The van der Waals surface area contributed by atoms with Crippen LogP contribution in [0.1, 0.15) is 11.1 Å². The molecule has 1 aromatic heterocycles. The lowest BCUT2D eigenvalue weighted by Gasteiger charge is -2.13. The average Bonchev–Trinajstić information content (AvgIpc) is 3.12. The standard InChI is InChI=1S/C19H21ClFN5O2S.ClH/c1-26-19(23-24-25-26)29-9-8-22-11-13-6-7-17(18(10-13)27-2)28-12-14-15(20)4-3-5-16(14)21;/h3-7,10,22H,8-9,11-12H2,1-2H3;1H. The second-order valence-corrected chi connectivity index (χ2v) is 7.55. The van der Waals surface area contributed by atoms with E-state index in [-0.39, 0.29) is 19.0 Å². The Labute approximate surface area is 189 Å². The number of aromatic nitrogens is 4. The minimum Gasteiger partial charge on any atom is -0.493 e. The summed E-state index contributed by atoms with van der Waals surface area (Å²) in [6.45, 7) is 1.49. The molecule has 0 unspecified atom stereocenters. The molecule has 0 aliphatic carbocycles. The van der Waals surface area contributed by atoms with Crippen molar-refractivity contribution in [2.45, 2.75) is 18.3 Å². The monoisotopic (exact) mass is 473 g/mol. The number of rotatable bonds is 10. The third kappa shape index (κ3) is 6.46. The Morgan fingerprint density at radius 2 is 2.07 bits per heavy atom. The molecule has 0 amide bonds. The van der Waals surface area contributed by atoms with Crippen molar-refractivity contribution in [3.05, 3.63) is 58.4 Å². The number of nitrogens with one attached hydrogen (secondary N) is 1. The molecule has 3 rings (SSSR count). The lowest BCUT2D eigenvalue weighted by atomic mass is 10.2. The minimum absolute atomic E-state index is 0. The van der Waals surface area contributed by atoms with Gasteiger partial charge in [-0.1, -0.05) is 35.5 Å². The van der Waals surface area contributed by atoms with Gasteiger partial charge in [0.1, 0.15) is 12.4 Å². The summed E-state index contributed by atoms with van der Waals surface area (Å²) in [5.41, 5.74) is 1.36. The van der Waals surface area contributed by atoms with Gasteiger partial charge in [-0.15, -0.1) is 17.5 Å². The van der Waals surface area contributed by atoms with Crippen LogP contribution in [0.15, 0.2) is 41.6 Å². The summed E-state index contributed by atoms with van der Waals surface area (Å²) in [6, 6.07) is 10.2. The summed E-state index contributed by atoms with van der Waals surface area (Å²) in [5, 5.41) is 15.8. The van der Waals surface area contributed by atoms with Crippen molar-refractivity contribution in [2.24, 2.45) is 7.05 Å². The van der Waals surface area contributed by atoms with Crippen LogP contribution >= 0.6 is 35.8 Å². The van der Waals surface area contributed by atoms with Crippen LogP contribution < -0.4 is 14.8 Å². The maximum absolute atomic E-state index is 13.9. The number of ether oxygens (including phenoxy) is 2. The van der Waals surface area contributed by atoms with Gasteiger partial charge < -0.3 is 14.8 Å². The Balaban J connectivity index is 0.00000320. The van der Waals surface area contributed by atoms with E-state index in [1.807, 2.05) is 25.2 Å². The van der Waals surface area contributed by atoms with Gasteiger partial charge in [-0.25, -0.2) is 9.07 Å². The van der Waals surface area contributed by atoms with Crippen molar-refractivity contribution in [2.75, 3.05) is 19.4 Å². The third-order valence-electron chi connectivity index (χ3n) is 4.08. The van der Waals surface area contributed by atoms with Crippen LogP contribution in [0.2, 0.25) is 5.02 Å². The van der Waals surface area contributed by atoms with Gasteiger partial charge in [-0.2, -0.15) is 0 Å². The first-order valence-corrected chi connectivity index (χ1v) is 10.2. The molecule has 0 radical (unpaired) electrons. The Hall–Kier alpha value is -2.07. The molecule has 2 aromatic carbocycles. The number of aryl methyl sites for hydroxylation is 1. The SMILES string of the molecule is COc1cc(CNCCSc2nnnn2C)ccc1OCc1c(F)cccc1Cl.Cl. The van der Waals surface area contributed by atoms with Gasteiger partial charge in [-0.3, -0.25) is 0 Å². The normalized spacial score (nSPS) is 10.5.